The van der Waals surface area contributed by atoms with Crippen molar-refractivity contribution in [1.82, 2.24) is 5.32 Å². The van der Waals surface area contributed by atoms with Gasteiger partial charge < -0.3 is 10.2 Å². The molecule has 0 amide bonds. The monoisotopic (exact) mass is 174 g/mol. The Kier molecular flexibility index (Phi) is 1.56. The van der Waals surface area contributed by atoms with Gasteiger partial charge >= 0.3 is 0 Å². The van der Waals surface area contributed by atoms with E-state index in [1.807, 2.05) is 0 Å². The second kappa shape index (κ2) is 2.74. The molecule has 1 aromatic carbocycles. The molecule has 2 heterocycles. The predicted molar refractivity (Wildman–Crippen MR) is 53.8 cm³/mol. The summed E-state index contributed by atoms with van der Waals surface area (Å²) in [6, 6.07) is 6.86. The van der Waals surface area contributed by atoms with Crippen LogP contribution in [0.5, 0.6) is 0 Å². The Balaban J connectivity index is 1.95. The van der Waals surface area contributed by atoms with Crippen molar-refractivity contribution in [2.75, 3.05) is 18.0 Å². The molecule has 0 aliphatic carbocycles. The Morgan fingerprint density at radius 2 is 1.92 bits per heavy atom. The Morgan fingerprint density at radius 1 is 1.08 bits per heavy atom. The van der Waals surface area contributed by atoms with E-state index in [4.69, 9.17) is 0 Å². The van der Waals surface area contributed by atoms with E-state index in [0.29, 0.717) is 0 Å². The van der Waals surface area contributed by atoms with Crippen molar-refractivity contribution < 1.29 is 0 Å². The molecule has 2 aliphatic heterocycles. The van der Waals surface area contributed by atoms with E-state index in [-0.39, 0.29) is 0 Å². The minimum atomic E-state index is 1.05. The molecule has 68 valence electrons. The van der Waals surface area contributed by atoms with Gasteiger partial charge in [-0.1, -0.05) is 6.07 Å². The number of nitrogens with one attached hydrogen (secondary N) is 1. The first-order chi connectivity index (χ1) is 6.43. The normalized spacial score (nSPS) is 19.8. The summed E-state index contributed by atoms with van der Waals surface area (Å²) in [4.78, 5) is 2.44. The highest BCUT2D eigenvalue weighted by molar-refractivity contribution is 5.53. The van der Waals surface area contributed by atoms with Crippen molar-refractivity contribution >= 4 is 5.69 Å². The van der Waals surface area contributed by atoms with E-state index in [1.54, 1.807) is 0 Å². The van der Waals surface area contributed by atoms with Gasteiger partial charge in [0.1, 0.15) is 0 Å². The van der Waals surface area contributed by atoms with Gasteiger partial charge in [0, 0.05) is 31.9 Å². The second-order valence-electron chi connectivity index (χ2n) is 3.90. The molecule has 2 aliphatic rings. The number of hydrogen-bond donors (Lipinski definition) is 1. The van der Waals surface area contributed by atoms with Crippen molar-refractivity contribution in [3.63, 3.8) is 0 Å². The fourth-order valence-electron chi connectivity index (χ4n) is 2.05. The summed E-state index contributed by atoms with van der Waals surface area (Å²) in [5, 5.41) is 3.37. The average Bonchev–Trinajstić information content (AvgIpc) is 2.47. The van der Waals surface area contributed by atoms with E-state index in [1.165, 1.54) is 36.3 Å². The zero-order valence-corrected chi connectivity index (χ0v) is 7.71. The maximum Gasteiger partial charge on any atom is 0.0369 e. The van der Waals surface area contributed by atoms with Gasteiger partial charge in [0.25, 0.3) is 0 Å². The molecule has 1 aromatic rings. The number of nitrogens with zero attached hydrogens (tertiary/aromatic N) is 1. The third-order valence-electron chi connectivity index (χ3n) is 3.04. The van der Waals surface area contributed by atoms with Crippen LogP contribution in [0.3, 0.4) is 0 Å². The first-order valence-electron chi connectivity index (χ1n) is 5.01. The summed E-state index contributed by atoms with van der Waals surface area (Å²) in [5.41, 5.74) is 4.38. The van der Waals surface area contributed by atoms with Gasteiger partial charge in [0.2, 0.25) is 0 Å². The minimum Gasteiger partial charge on any atom is -0.371 e. The Labute approximate surface area is 78.6 Å². The first-order valence-corrected chi connectivity index (χ1v) is 5.01. The summed E-state index contributed by atoms with van der Waals surface area (Å²) in [7, 11) is 0. The van der Waals surface area contributed by atoms with Crippen LogP contribution in [0.25, 0.3) is 0 Å². The van der Waals surface area contributed by atoms with Crippen LogP contribution < -0.4 is 10.2 Å². The molecule has 1 fully saturated rings. The summed E-state index contributed by atoms with van der Waals surface area (Å²) in [5.74, 6) is 0. The zero-order valence-electron chi connectivity index (χ0n) is 7.71. The number of hydrogen-bond acceptors (Lipinski definition) is 2. The second-order valence-corrected chi connectivity index (χ2v) is 3.90. The molecule has 0 bridgehead atoms. The van der Waals surface area contributed by atoms with Crippen molar-refractivity contribution in [2.45, 2.75) is 19.5 Å². The lowest BCUT2D eigenvalue weighted by molar-refractivity contribution is 0.617. The summed E-state index contributed by atoms with van der Waals surface area (Å²) in [6.07, 6.45) is 1.36. The lowest BCUT2D eigenvalue weighted by atomic mass is 10.1. The van der Waals surface area contributed by atoms with Crippen LogP contribution in [0.1, 0.15) is 17.5 Å². The third-order valence-corrected chi connectivity index (χ3v) is 3.04. The Bertz CT molecular complexity index is 329. The summed E-state index contributed by atoms with van der Waals surface area (Å²) >= 11 is 0. The van der Waals surface area contributed by atoms with Crippen LogP contribution >= 0.6 is 0 Å². The molecule has 1 N–H and O–H groups in total. The zero-order chi connectivity index (χ0) is 8.67. The van der Waals surface area contributed by atoms with E-state index in [9.17, 15) is 0 Å². The smallest absolute Gasteiger partial charge is 0.0369 e. The van der Waals surface area contributed by atoms with E-state index in [0.717, 1.165) is 13.1 Å². The van der Waals surface area contributed by atoms with Crippen molar-refractivity contribution in [3.8, 4) is 0 Å². The molecule has 0 unspecified atom stereocenters. The van der Waals surface area contributed by atoms with E-state index >= 15 is 0 Å². The van der Waals surface area contributed by atoms with Crippen molar-refractivity contribution in [2.24, 2.45) is 0 Å². The van der Waals surface area contributed by atoms with Gasteiger partial charge in [-0.25, -0.2) is 0 Å². The summed E-state index contributed by atoms with van der Waals surface area (Å²) < 4.78 is 0. The highest BCUT2D eigenvalue weighted by Crippen LogP contribution is 2.25. The topological polar surface area (TPSA) is 15.3 Å². The highest BCUT2D eigenvalue weighted by Gasteiger charge is 2.17. The standard InChI is InChI=1S/C11H14N2/c1-4-13(5-1)11-3-2-9-7-12-8-10(9)6-11/h2-3,6,12H,1,4-5,7-8H2. The van der Waals surface area contributed by atoms with E-state index < -0.39 is 0 Å². The van der Waals surface area contributed by atoms with Gasteiger partial charge in [0.15, 0.2) is 0 Å². The van der Waals surface area contributed by atoms with Crippen LogP contribution in [0.4, 0.5) is 5.69 Å². The number of fused-ring (bicyclic) bond motifs is 1. The maximum absolute atomic E-state index is 3.37. The van der Waals surface area contributed by atoms with Crippen LogP contribution in [-0.2, 0) is 13.1 Å². The predicted octanol–water partition coefficient (Wildman–Crippen LogP) is 1.50. The van der Waals surface area contributed by atoms with Gasteiger partial charge in [-0.2, -0.15) is 0 Å². The molecule has 0 aromatic heterocycles. The number of rotatable bonds is 1. The molecular formula is C11H14N2. The molecule has 0 radical (unpaired) electrons. The molecule has 0 atom stereocenters. The van der Waals surface area contributed by atoms with Crippen LogP contribution in [0.2, 0.25) is 0 Å². The fourth-order valence-corrected chi connectivity index (χ4v) is 2.05. The molecular weight excluding hydrogens is 160 g/mol. The maximum atomic E-state index is 3.37. The Morgan fingerprint density at radius 3 is 2.69 bits per heavy atom. The summed E-state index contributed by atoms with van der Waals surface area (Å²) in [6.45, 7) is 4.59. The quantitative estimate of drug-likeness (QED) is 0.694. The van der Waals surface area contributed by atoms with Gasteiger partial charge in [0.05, 0.1) is 0 Å². The average molecular weight is 174 g/mol. The SMILES string of the molecule is c1cc2c(cc1N1CCC1)CNC2. The van der Waals surface area contributed by atoms with Gasteiger partial charge in [-0.05, 0) is 29.7 Å². The molecule has 0 spiro atoms. The van der Waals surface area contributed by atoms with Gasteiger partial charge in [-0.3, -0.25) is 0 Å². The molecule has 2 nitrogen and oxygen atoms in total. The Hall–Kier alpha value is -1.02. The highest BCUT2D eigenvalue weighted by atomic mass is 15.2. The number of anilines is 1. The minimum absolute atomic E-state index is 1.05. The lowest BCUT2D eigenvalue weighted by Crippen LogP contribution is -2.36. The molecule has 3 rings (SSSR count). The lowest BCUT2D eigenvalue weighted by Gasteiger charge is -2.33. The fraction of sp³-hybridized carbons (Fsp3) is 0.455. The van der Waals surface area contributed by atoms with Gasteiger partial charge in [-0.15, -0.1) is 0 Å². The molecule has 2 heteroatoms. The molecule has 0 saturated carbocycles. The van der Waals surface area contributed by atoms with E-state index in [2.05, 4.69) is 28.4 Å². The van der Waals surface area contributed by atoms with Crippen molar-refractivity contribution in [3.05, 3.63) is 29.3 Å². The first kappa shape index (κ1) is 7.39. The van der Waals surface area contributed by atoms with Crippen LogP contribution in [0, 0.1) is 0 Å². The largest absolute Gasteiger partial charge is 0.371 e. The molecule has 13 heavy (non-hydrogen) atoms. The third kappa shape index (κ3) is 1.13. The van der Waals surface area contributed by atoms with Crippen LogP contribution in [0.15, 0.2) is 18.2 Å². The number of benzene rings is 1. The van der Waals surface area contributed by atoms with Crippen molar-refractivity contribution in [1.29, 1.82) is 0 Å². The molecule has 1 saturated heterocycles. The van der Waals surface area contributed by atoms with Crippen LogP contribution in [-0.4, -0.2) is 13.1 Å².